The maximum atomic E-state index is 11.6. The van der Waals surface area contributed by atoms with Gasteiger partial charge in [-0.1, -0.05) is 0 Å². The Hall–Kier alpha value is -0.300. The number of alkyl halides is 3. The normalized spacial score (nSPS) is 13.2. The van der Waals surface area contributed by atoms with Gasteiger partial charge in [-0.25, -0.2) is 8.42 Å². The van der Waals surface area contributed by atoms with E-state index in [9.17, 15) is 21.6 Å². The molecule has 0 unspecified atom stereocenters. The van der Waals surface area contributed by atoms with Crippen molar-refractivity contribution in [1.29, 1.82) is 0 Å². The summed E-state index contributed by atoms with van der Waals surface area (Å²) in [7, 11) is -3.08. The lowest BCUT2D eigenvalue weighted by atomic mass is 10.4. The Balaban J connectivity index is 3.39. The minimum absolute atomic E-state index is 0.0644. The third-order valence-electron chi connectivity index (χ3n) is 1.23. The zero-order valence-corrected chi connectivity index (χ0v) is 8.00. The van der Waals surface area contributed by atoms with E-state index in [0.29, 0.717) is 0 Å². The van der Waals surface area contributed by atoms with E-state index in [1.54, 1.807) is 0 Å². The summed E-state index contributed by atoms with van der Waals surface area (Å²) >= 11 is 0. The third kappa shape index (κ3) is 11.7. The first-order valence-electron chi connectivity index (χ1n) is 3.66. The van der Waals surface area contributed by atoms with Crippen molar-refractivity contribution in [2.45, 2.75) is 12.6 Å². The largest absolute Gasteiger partial charge is 0.390 e. The Morgan fingerprint density at radius 1 is 1.23 bits per heavy atom. The second-order valence-electron chi connectivity index (χ2n) is 2.75. The van der Waals surface area contributed by atoms with E-state index in [1.165, 1.54) is 0 Å². The summed E-state index contributed by atoms with van der Waals surface area (Å²) in [4.78, 5) is 0. The first-order valence-corrected chi connectivity index (χ1v) is 5.72. The predicted molar refractivity (Wildman–Crippen MR) is 43.3 cm³/mol. The molecule has 0 rings (SSSR count). The number of rotatable bonds is 5. The third-order valence-corrected chi connectivity index (χ3v) is 2.18. The van der Waals surface area contributed by atoms with E-state index in [4.69, 9.17) is 0 Å². The molecule has 0 saturated heterocycles. The minimum atomic E-state index is -4.18. The van der Waals surface area contributed by atoms with Crippen molar-refractivity contribution in [3.8, 4) is 0 Å². The second-order valence-corrected chi connectivity index (χ2v) is 5.00. The zero-order chi connectivity index (χ0) is 10.5. The topological polar surface area (TPSA) is 46.2 Å². The molecule has 3 nitrogen and oxygen atoms in total. The number of nitrogens with one attached hydrogen (secondary N) is 1. The second kappa shape index (κ2) is 4.80. The van der Waals surface area contributed by atoms with Gasteiger partial charge in [-0.2, -0.15) is 13.2 Å². The molecule has 0 aliphatic rings. The van der Waals surface area contributed by atoms with Gasteiger partial charge < -0.3 is 5.32 Å². The van der Waals surface area contributed by atoms with Gasteiger partial charge in [-0.05, 0) is 0 Å². The minimum Gasteiger partial charge on any atom is -0.315 e. The quantitative estimate of drug-likeness (QED) is 0.688. The number of hydrogen-bond acceptors (Lipinski definition) is 3. The SMILES string of the molecule is CS(=O)(=O)CCNCCC(F)(F)F. The van der Waals surface area contributed by atoms with E-state index >= 15 is 0 Å². The van der Waals surface area contributed by atoms with Crippen LogP contribution in [-0.2, 0) is 9.84 Å². The van der Waals surface area contributed by atoms with Gasteiger partial charge >= 0.3 is 6.18 Å². The van der Waals surface area contributed by atoms with Gasteiger partial charge in [0.2, 0.25) is 0 Å². The van der Waals surface area contributed by atoms with Crippen molar-refractivity contribution in [3.05, 3.63) is 0 Å². The fraction of sp³-hybridized carbons (Fsp3) is 1.00. The molecule has 7 heteroatoms. The summed E-state index contributed by atoms with van der Waals surface area (Å²) in [6.07, 6.45) is -4.08. The van der Waals surface area contributed by atoms with E-state index in [2.05, 4.69) is 5.32 Å². The van der Waals surface area contributed by atoms with Crippen LogP contribution in [0.15, 0.2) is 0 Å². The zero-order valence-electron chi connectivity index (χ0n) is 7.19. The standard InChI is InChI=1S/C6H12F3NO2S/c1-13(11,12)5-4-10-3-2-6(7,8)9/h10H,2-5H2,1H3. The maximum absolute atomic E-state index is 11.6. The molecule has 0 heterocycles. The van der Waals surface area contributed by atoms with Gasteiger partial charge in [-0.3, -0.25) is 0 Å². The van der Waals surface area contributed by atoms with Crippen LogP contribution in [0, 0.1) is 0 Å². The highest BCUT2D eigenvalue weighted by atomic mass is 32.2. The highest BCUT2D eigenvalue weighted by molar-refractivity contribution is 7.90. The molecule has 0 aromatic rings. The molecule has 0 saturated carbocycles. The van der Waals surface area contributed by atoms with Gasteiger partial charge in [0.15, 0.2) is 0 Å². The number of halogens is 3. The molecule has 80 valence electrons. The van der Waals surface area contributed by atoms with Crippen LogP contribution < -0.4 is 5.32 Å². The van der Waals surface area contributed by atoms with Gasteiger partial charge in [0.1, 0.15) is 9.84 Å². The molecule has 0 bridgehead atoms. The molecule has 0 spiro atoms. The number of sulfone groups is 1. The molecule has 0 radical (unpaired) electrons. The molecular weight excluding hydrogens is 207 g/mol. The Kier molecular flexibility index (Phi) is 4.69. The van der Waals surface area contributed by atoms with E-state index < -0.39 is 22.4 Å². The summed E-state index contributed by atoms with van der Waals surface area (Å²) in [6, 6.07) is 0. The molecule has 0 atom stereocenters. The molecule has 0 aliphatic heterocycles. The van der Waals surface area contributed by atoms with Crippen LogP contribution in [0.5, 0.6) is 0 Å². The van der Waals surface area contributed by atoms with Crippen molar-refractivity contribution in [1.82, 2.24) is 5.32 Å². The monoisotopic (exact) mass is 219 g/mol. The maximum Gasteiger partial charge on any atom is 0.390 e. The molecule has 0 aromatic carbocycles. The summed E-state index contributed by atoms with van der Waals surface area (Å²) in [5.41, 5.74) is 0. The van der Waals surface area contributed by atoms with Gasteiger partial charge in [0.25, 0.3) is 0 Å². The van der Waals surface area contributed by atoms with Crippen molar-refractivity contribution in [3.63, 3.8) is 0 Å². The van der Waals surface area contributed by atoms with Crippen molar-refractivity contribution in [2.75, 3.05) is 25.1 Å². The van der Waals surface area contributed by atoms with Crippen LogP contribution in [0.25, 0.3) is 0 Å². The lowest BCUT2D eigenvalue weighted by Gasteiger charge is -2.06. The fourth-order valence-electron chi connectivity index (χ4n) is 0.613. The highest BCUT2D eigenvalue weighted by Crippen LogP contribution is 2.17. The average Bonchev–Trinajstić information content (AvgIpc) is 1.81. The highest BCUT2D eigenvalue weighted by Gasteiger charge is 2.25. The molecule has 1 N–H and O–H groups in total. The first-order chi connectivity index (χ1) is 5.71. The van der Waals surface area contributed by atoms with E-state index in [0.717, 1.165) is 6.26 Å². The van der Waals surface area contributed by atoms with Crippen molar-refractivity contribution < 1.29 is 21.6 Å². The van der Waals surface area contributed by atoms with Crippen LogP contribution in [0.2, 0.25) is 0 Å². The molecule has 0 aromatic heterocycles. The molecule has 0 amide bonds. The van der Waals surface area contributed by atoms with Crippen molar-refractivity contribution in [2.24, 2.45) is 0 Å². The van der Waals surface area contributed by atoms with Gasteiger partial charge in [-0.15, -0.1) is 0 Å². The van der Waals surface area contributed by atoms with Crippen LogP contribution in [0.1, 0.15) is 6.42 Å². The van der Waals surface area contributed by atoms with E-state index in [1.807, 2.05) is 0 Å². The van der Waals surface area contributed by atoms with Crippen LogP contribution >= 0.6 is 0 Å². The smallest absolute Gasteiger partial charge is 0.315 e. The Bertz CT molecular complexity index is 235. The average molecular weight is 219 g/mol. The van der Waals surface area contributed by atoms with Gasteiger partial charge in [0, 0.05) is 19.3 Å². The van der Waals surface area contributed by atoms with E-state index in [-0.39, 0.29) is 18.8 Å². The fourth-order valence-corrected chi connectivity index (χ4v) is 1.13. The summed E-state index contributed by atoms with van der Waals surface area (Å²) < 4.78 is 55.7. The molecule has 13 heavy (non-hydrogen) atoms. The summed E-state index contributed by atoms with van der Waals surface area (Å²) in [5, 5.41) is 2.40. The van der Waals surface area contributed by atoms with Crippen molar-refractivity contribution >= 4 is 9.84 Å². The molecular formula is C6H12F3NO2S. The Labute approximate surface area is 75.2 Å². The molecule has 0 fully saturated rings. The number of hydrogen-bond donors (Lipinski definition) is 1. The lowest BCUT2D eigenvalue weighted by molar-refractivity contribution is -0.133. The van der Waals surface area contributed by atoms with Crippen LogP contribution in [0.4, 0.5) is 13.2 Å². The molecule has 0 aliphatic carbocycles. The van der Waals surface area contributed by atoms with Gasteiger partial charge in [0.05, 0.1) is 12.2 Å². The lowest BCUT2D eigenvalue weighted by Crippen LogP contribution is -2.26. The Morgan fingerprint density at radius 2 is 1.77 bits per heavy atom. The van der Waals surface area contributed by atoms with Crippen LogP contribution in [-0.4, -0.2) is 39.7 Å². The first kappa shape index (κ1) is 12.7. The Morgan fingerprint density at radius 3 is 2.15 bits per heavy atom. The van der Waals surface area contributed by atoms with Crippen LogP contribution in [0.3, 0.4) is 0 Å². The summed E-state index contributed by atoms with van der Waals surface area (Å²) in [5.74, 6) is -0.134. The predicted octanol–water partition coefficient (Wildman–Crippen LogP) is 0.573. The summed E-state index contributed by atoms with van der Waals surface area (Å²) in [6.45, 7) is -0.173.